The van der Waals surface area contributed by atoms with Crippen LogP contribution >= 0.6 is 0 Å². The van der Waals surface area contributed by atoms with Crippen LogP contribution in [0.15, 0.2) is 0 Å². The Morgan fingerprint density at radius 3 is 2.59 bits per heavy atom. The third-order valence-electron chi connectivity index (χ3n) is 4.81. The summed E-state index contributed by atoms with van der Waals surface area (Å²) in [5, 5.41) is 0. The van der Waals surface area contributed by atoms with E-state index in [9.17, 15) is 4.79 Å². The van der Waals surface area contributed by atoms with Crippen LogP contribution in [0.25, 0.3) is 0 Å². The van der Waals surface area contributed by atoms with Crippen molar-refractivity contribution in [2.75, 3.05) is 13.1 Å². The van der Waals surface area contributed by atoms with Crippen LogP contribution in [0.5, 0.6) is 0 Å². The maximum absolute atomic E-state index is 11.6. The Bertz CT molecular complexity index is 278. The van der Waals surface area contributed by atoms with Crippen LogP contribution < -0.4 is 0 Å². The van der Waals surface area contributed by atoms with Crippen LogP contribution in [0.3, 0.4) is 0 Å². The van der Waals surface area contributed by atoms with E-state index in [0.717, 1.165) is 31.2 Å². The predicted octanol–water partition coefficient (Wildman–Crippen LogP) is 3.11. The molecule has 2 aliphatic rings. The van der Waals surface area contributed by atoms with Gasteiger partial charge in [0.05, 0.1) is 0 Å². The molecule has 4 unspecified atom stereocenters. The molecule has 1 heterocycles. The first kappa shape index (κ1) is 13.1. The molecule has 1 aliphatic carbocycles. The molecule has 0 aromatic rings. The lowest BCUT2D eigenvalue weighted by Gasteiger charge is -2.39. The van der Waals surface area contributed by atoms with Crippen molar-refractivity contribution in [3.05, 3.63) is 0 Å². The summed E-state index contributed by atoms with van der Waals surface area (Å²) in [7, 11) is 0. The van der Waals surface area contributed by atoms with E-state index in [1.54, 1.807) is 0 Å². The van der Waals surface area contributed by atoms with Crippen LogP contribution in [0.4, 0.5) is 0 Å². The lowest BCUT2D eigenvalue weighted by atomic mass is 9.70. The zero-order valence-corrected chi connectivity index (χ0v) is 11.6. The number of nitrogens with zero attached hydrogens (tertiary/aromatic N) is 1. The van der Waals surface area contributed by atoms with Crippen molar-refractivity contribution >= 4 is 6.29 Å². The summed E-state index contributed by atoms with van der Waals surface area (Å²) >= 11 is 0. The zero-order chi connectivity index (χ0) is 12.5. The lowest BCUT2D eigenvalue weighted by molar-refractivity contribution is -0.120. The highest BCUT2D eigenvalue weighted by Gasteiger charge is 2.39. The normalized spacial score (nSPS) is 43.8. The summed E-state index contributed by atoms with van der Waals surface area (Å²) in [6.07, 6.45) is 7.33. The van der Waals surface area contributed by atoms with Gasteiger partial charge < -0.3 is 4.79 Å². The molecular formula is C15H27NO. The van der Waals surface area contributed by atoms with Crippen LogP contribution in [-0.4, -0.2) is 30.3 Å². The van der Waals surface area contributed by atoms with Gasteiger partial charge in [0.1, 0.15) is 6.29 Å². The number of rotatable bonds is 3. The minimum atomic E-state index is -0.0318. The molecule has 0 N–H and O–H groups in total. The molecule has 0 aromatic heterocycles. The van der Waals surface area contributed by atoms with Crippen molar-refractivity contribution in [3.8, 4) is 0 Å². The Hall–Kier alpha value is -0.370. The molecule has 4 atom stereocenters. The molecule has 0 aromatic carbocycles. The maximum Gasteiger partial charge on any atom is 0.127 e. The average Bonchev–Trinajstić information content (AvgIpc) is 2.57. The largest absolute Gasteiger partial charge is 0.303 e. The molecule has 1 aliphatic heterocycles. The number of carbonyl (C=O) groups is 1. The summed E-state index contributed by atoms with van der Waals surface area (Å²) in [4.78, 5) is 14.1. The maximum atomic E-state index is 11.6. The second-order valence-corrected chi connectivity index (χ2v) is 6.80. The summed E-state index contributed by atoms with van der Waals surface area (Å²) in [5.74, 6) is 1.53. The molecule has 17 heavy (non-hydrogen) atoms. The second kappa shape index (κ2) is 5.09. The summed E-state index contributed by atoms with van der Waals surface area (Å²) in [6.45, 7) is 9.13. The first-order chi connectivity index (χ1) is 8.04. The summed E-state index contributed by atoms with van der Waals surface area (Å²) < 4.78 is 0. The van der Waals surface area contributed by atoms with E-state index in [2.05, 4.69) is 25.7 Å². The van der Waals surface area contributed by atoms with Gasteiger partial charge in [-0.15, -0.1) is 0 Å². The Morgan fingerprint density at radius 1 is 1.29 bits per heavy atom. The van der Waals surface area contributed by atoms with Gasteiger partial charge in [-0.05, 0) is 38.0 Å². The van der Waals surface area contributed by atoms with E-state index >= 15 is 0 Å². The number of aldehydes is 1. The molecule has 0 radical (unpaired) electrons. The molecule has 98 valence electrons. The molecular weight excluding hydrogens is 210 g/mol. The zero-order valence-electron chi connectivity index (χ0n) is 11.6. The molecule has 2 heteroatoms. The van der Waals surface area contributed by atoms with Gasteiger partial charge >= 0.3 is 0 Å². The van der Waals surface area contributed by atoms with Crippen molar-refractivity contribution in [2.24, 2.45) is 17.3 Å². The van der Waals surface area contributed by atoms with Gasteiger partial charge in [-0.2, -0.15) is 0 Å². The van der Waals surface area contributed by atoms with Crippen molar-refractivity contribution in [2.45, 2.75) is 58.9 Å². The average molecular weight is 237 g/mol. The fraction of sp³-hybridized carbons (Fsp3) is 0.933. The van der Waals surface area contributed by atoms with Crippen LogP contribution in [0.2, 0.25) is 0 Å². The lowest BCUT2D eigenvalue weighted by Crippen LogP contribution is -2.43. The van der Waals surface area contributed by atoms with Gasteiger partial charge in [-0.1, -0.05) is 26.7 Å². The Morgan fingerprint density at radius 2 is 2.06 bits per heavy atom. The Labute approximate surface area is 106 Å². The molecule has 0 bridgehead atoms. The third kappa shape index (κ3) is 2.90. The van der Waals surface area contributed by atoms with E-state index in [0.29, 0.717) is 6.04 Å². The van der Waals surface area contributed by atoms with E-state index in [4.69, 9.17) is 0 Å². The van der Waals surface area contributed by atoms with Gasteiger partial charge in [0.2, 0.25) is 0 Å². The van der Waals surface area contributed by atoms with E-state index in [1.807, 2.05) is 0 Å². The van der Waals surface area contributed by atoms with Crippen molar-refractivity contribution < 1.29 is 4.79 Å². The first-order valence-electron chi connectivity index (χ1n) is 7.25. The fourth-order valence-corrected chi connectivity index (χ4v) is 4.00. The van der Waals surface area contributed by atoms with E-state index < -0.39 is 0 Å². The molecule has 2 fully saturated rings. The molecule has 1 saturated heterocycles. The standard InChI is InChI=1S/C15H27NO/c1-12-5-4-6-15(8-12,11-17)10-16-9-13(2)7-14(16)3/h11-14H,4-10H2,1-3H3. The minimum Gasteiger partial charge on any atom is -0.303 e. The Kier molecular flexibility index (Phi) is 3.92. The molecule has 2 rings (SSSR count). The van der Waals surface area contributed by atoms with E-state index in [1.165, 1.54) is 32.1 Å². The highest BCUT2D eigenvalue weighted by Crippen LogP contribution is 2.40. The van der Waals surface area contributed by atoms with Gasteiger partial charge in [0.25, 0.3) is 0 Å². The molecule has 0 spiro atoms. The van der Waals surface area contributed by atoms with E-state index in [-0.39, 0.29) is 5.41 Å². The monoisotopic (exact) mass is 237 g/mol. The van der Waals surface area contributed by atoms with Crippen molar-refractivity contribution in [3.63, 3.8) is 0 Å². The first-order valence-corrected chi connectivity index (χ1v) is 7.25. The van der Waals surface area contributed by atoms with Gasteiger partial charge in [-0.25, -0.2) is 0 Å². The smallest absolute Gasteiger partial charge is 0.127 e. The number of carbonyl (C=O) groups excluding carboxylic acids is 1. The van der Waals surface area contributed by atoms with Crippen LogP contribution in [-0.2, 0) is 4.79 Å². The SMILES string of the molecule is CC1CC(C)N(CC2(C=O)CCCC(C)C2)C1. The van der Waals surface area contributed by atoms with Crippen LogP contribution in [0.1, 0.15) is 52.9 Å². The third-order valence-corrected chi connectivity index (χ3v) is 4.81. The second-order valence-electron chi connectivity index (χ2n) is 6.80. The number of hydrogen-bond acceptors (Lipinski definition) is 2. The summed E-state index contributed by atoms with van der Waals surface area (Å²) in [6, 6.07) is 0.666. The van der Waals surface area contributed by atoms with Gasteiger partial charge in [-0.3, -0.25) is 4.90 Å². The highest BCUT2D eigenvalue weighted by molar-refractivity contribution is 5.60. The number of hydrogen-bond donors (Lipinski definition) is 0. The van der Waals surface area contributed by atoms with Gasteiger partial charge in [0.15, 0.2) is 0 Å². The van der Waals surface area contributed by atoms with Crippen molar-refractivity contribution in [1.82, 2.24) is 4.90 Å². The minimum absolute atomic E-state index is 0.0318. The quantitative estimate of drug-likeness (QED) is 0.703. The Balaban J connectivity index is 2.01. The van der Waals surface area contributed by atoms with Crippen LogP contribution in [0, 0.1) is 17.3 Å². The van der Waals surface area contributed by atoms with Gasteiger partial charge in [0, 0.05) is 24.5 Å². The molecule has 1 saturated carbocycles. The molecule has 2 nitrogen and oxygen atoms in total. The fourth-order valence-electron chi connectivity index (χ4n) is 4.00. The number of likely N-dealkylation sites (tertiary alicyclic amines) is 1. The topological polar surface area (TPSA) is 20.3 Å². The summed E-state index contributed by atoms with van der Waals surface area (Å²) in [5.41, 5.74) is -0.0318. The highest BCUT2D eigenvalue weighted by atomic mass is 16.1. The van der Waals surface area contributed by atoms with Crippen molar-refractivity contribution in [1.29, 1.82) is 0 Å². The molecule has 0 amide bonds. The predicted molar refractivity (Wildman–Crippen MR) is 70.9 cm³/mol.